The second-order valence-electron chi connectivity index (χ2n) is 5.62. The van der Waals surface area contributed by atoms with Crippen LogP contribution in [-0.4, -0.2) is 10.2 Å². The first-order valence-corrected chi connectivity index (χ1v) is 7.76. The van der Waals surface area contributed by atoms with Crippen molar-refractivity contribution in [1.82, 2.24) is 0 Å². The maximum Gasteiger partial charge on any atom is 0.134 e. The molecular weight excluding hydrogens is 307 g/mol. The molecule has 0 heterocycles. The second-order valence-corrected chi connectivity index (χ2v) is 6.44. The number of aromatic hydroxyl groups is 2. The van der Waals surface area contributed by atoms with Crippen LogP contribution < -0.4 is 0 Å². The minimum absolute atomic E-state index is 0.0947. The van der Waals surface area contributed by atoms with E-state index in [9.17, 15) is 10.2 Å². The molecule has 1 saturated carbocycles. The zero-order valence-electron chi connectivity index (χ0n) is 11.4. The number of halogens is 2. The highest BCUT2D eigenvalue weighted by Crippen LogP contribution is 2.48. The fraction of sp³-hybridized carbons (Fsp3) is 0.294. The van der Waals surface area contributed by atoms with Gasteiger partial charge in [0.1, 0.15) is 11.5 Å². The molecule has 0 bridgehead atoms. The van der Waals surface area contributed by atoms with E-state index in [-0.39, 0.29) is 16.9 Å². The third-order valence-corrected chi connectivity index (χ3v) is 5.06. The van der Waals surface area contributed by atoms with Gasteiger partial charge in [0.25, 0.3) is 0 Å². The summed E-state index contributed by atoms with van der Waals surface area (Å²) in [6, 6.07) is 10.8. The van der Waals surface area contributed by atoms with Gasteiger partial charge in [-0.25, -0.2) is 0 Å². The van der Waals surface area contributed by atoms with E-state index in [4.69, 9.17) is 23.2 Å². The first kappa shape index (κ1) is 14.6. The quantitative estimate of drug-likeness (QED) is 0.791. The molecule has 21 heavy (non-hydrogen) atoms. The molecular formula is C17H16Cl2O2. The molecule has 0 saturated heterocycles. The van der Waals surface area contributed by atoms with Crippen molar-refractivity contribution in [2.75, 3.05) is 0 Å². The van der Waals surface area contributed by atoms with Gasteiger partial charge in [-0.2, -0.15) is 0 Å². The largest absolute Gasteiger partial charge is 0.506 e. The molecule has 2 nitrogen and oxygen atoms in total. The predicted molar refractivity (Wildman–Crippen MR) is 85.5 cm³/mol. The molecule has 1 fully saturated rings. The normalized spacial score (nSPS) is 17.0. The Balaban J connectivity index is 2.15. The van der Waals surface area contributed by atoms with Crippen molar-refractivity contribution in [3.63, 3.8) is 0 Å². The lowest BCUT2D eigenvalue weighted by molar-refractivity contribution is 0.471. The lowest BCUT2D eigenvalue weighted by atomic mass is 9.73. The topological polar surface area (TPSA) is 40.5 Å². The van der Waals surface area contributed by atoms with E-state index in [0.717, 1.165) is 36.8 Å². The van der Waals surface area contributed by atoms with Crippen LogP contribution in [0, 0.1) is 0 Å². The van der Waals surface area contributed by atoms with E-state index in [1.165, 1.54) is 0 Å². The van der Waals surface area contributed by atoms with Crippen LogP contribution in [-0.2, 0) is 5.41 Å². The van der Waals surface area contributed by atoms with Gasteiger partial charge in [0.15, 0.2) is 0 Å². The molecule has 2 aromatic carbocycles. The van der Waals surface area contributed by atoms with Gasteiger partial charge in [-0.05, 0) is 48.2 Å². The molecule has 0 aromatic heterocycles. The summed E-state index contributed by atoms with van der Waals surface area (Å²) in [4.78, 5) is 0. The number of hydrogen-bond acceptors (Lipinski definition) is 2. The smallest absolute Gasteiger partial charge is 0.134 e. The van der Waals surface area contributed by atoms with Crippen molar-refractivity contribution in [1.29, 1.82) is 0 Å². The zero-order valence-corrected chi connectivity index (χ0v) is 13.0. The maximum absolute atomic E-state index is 9.64. The van der Waals surface area contributed by atoms with Crippen LogP contribution in [0.5, 0.6) is 11.5 Å². The minimum Gasteiger partial charge on any atom is -0.506 e. The molecule has 0 spiro atoms. The summed E-state index contributed by atoms with van der Waals surface area (Å²) >= 11 is 12.2. The highest BCUT2D eigenvalue weighted by molar-refractivity contribution is 6.32. The average molecular weight is 323 g/mol. The molecule has 0 radical (unpaired) electrons. The van der Waals surface area contributed by atoms with E-state index >= 15 is 0 Å². The third-order valence-electron chi connectivity index (χ3n) is 4.46. The van der Waals surface area contributed by atoms with Crippen molar-refractivity contribution >= 4 is 23.2 Å². The van der Waals surface area contributed by atoms with Gasteiger partial charge >= 0.3 is 0 Å². The Kier molecular flexibility index (Phi) is 3.76. The molecule has 0 unspecified atom stereocenters. The number of phenolic OH excluding ortho intramolecular Hbond substituents is 2. The Morgan fingerprint density at radius 3 is 1.57 bits per heavy atom. The lowest BCUT2D eigenvalue weighted by Gasteiger charge is -2.31. The average Bonchev–Trinajstić information content (AvgIpc) is 2.95. The van der Waals surface area contributed by atoms with E-state index in [0.29, 0.717) is 10.0 Å². The fourth-order valence-electron chi connectivity index (χ4n) is 3.33. The van der Waals surface area contributed by atoms with Crippen LogP contribution in [0.1, 0.15) is 36.8 Å². The Morgan fingerprint density at radius 2 is 1.19 bits per heavy atom. The number of benzene rings is 2. The highest BCUT2D eigenvalue weighted by Gasteiger charge is 2.38. The predicted octanol–water partition coefficient (Wildman–Crippen LogP) is 5.26. The van der Waals surface area contributed by atoms with Gasteiger partial charge in [0.2, 0.25) is 0 Å². The standard InChI is InChI=1S/C17H16Cl2O2/c18-13-9-11(3-5-15(13)20)17(7-1-2-8-17)12-4-6-16(21)14(19)10-12/h3-6,9-10,20-21H,1-2,7-8H2. The van der Waals surface area contributed by atoms with Gasteiger partial charge in [-0.1, -0.05) is 48.2 Å². The van der Waals surface area contributed by atoms with Gasteiger partial charge in [0.05, 0.1) is 10.0 Å². The lowest BCUT2D eigenvalue weighted by Crippen LogP contribution is -2.23. The fourth-order valence-corrected chi connectivity index (χ4v) is 3.69. The highest BCUT2D eigenvalue weighted by atomic mass is 35.5. The van der Waals surface area contributed by atoms with Crippen molar-refractivity contribution in [2.24, 2.45) is 0 Å². The Bertz CT molecular complexity index is 623. The molecule has 0 aliphatic heterocycles. The van der Waals surface area contributed by atoms with Crippen LogP contribution in [0.4, 0.5) is 0 Å². The molecule has 2 aromatic rings. The molecule has 4 heteroatoms. The van der Waals surface area contributed by atoms with Crippen LogP contribution in [0.2, 0.25) is 10.0 Å². The van der Waals surface area contributed by atoms with Gasteiger partial charge in [-0.15, -0.1) is 0 Å². The monoisotopic (exact) mass is 322 g/mol. The maximum atomic E-state index is 9.64. The van der Waals surface area contributed by atoms with Crippen LogP contribution >= 0.6 is 23.2 Å². The van der Waals surface area contributed by atoms with Crippen molar-refractivity contribution in [3.8, 4) is 11.5 Å². The molecule has 110 valence electrons. The number of phenols is 2. The van der Waals surface area contributed by atoms with E-state index in [1.54, 1.807) is 12.1 Å². The first-order chi connectivity index (χ1) is 10.0. The molecule has 0 amide bonds. The molecule has 1 aliphatic rings. The molecule has 2 N–H and O–H groups in total. The summed E-state index contributed by atoms with van der Waals surface area (Å²) in [6.45, 7) is 0. The van der Waals surface area contributed by atoms with E-state index < -0.39 is 0 Å². The van der Waals surface area contributed by atoms with Crippen molar-refractivity contribution in [3.05, 3.63) is 57.6 Å². The van der Waals surface area contributed by atoms with Gasteiger partial charge in [-0.3, -0.25) is 0 Å². The SMILES string of the molecule is Oc1ccc(C2(c3ccc(O)c(Cl)c3)CCCC2)cc1Cl. The summed E-state index contributed by atoms with van der Waals surface area (Å²) in [5.41, 5.74) is 2.03. The van der Waals surface area contributed by atoms with Gasteiger partial charge < -0.3 is 10.2 Å². The summed E-state index contributed by atoms with van der Waals surface area (Å²) in [6.07, 6.45) is 4.29. The number of rotatable bonds is 2. The Labute approximate surface area is 134 Å². The third kappa shape index (κ3) is 2.47. The minimum atomic E-state index is -0.144. The van der Waals surface area contributed by atoms with Crippen molar-refractivity contribution < 1.29 is 10.2 Å². The first-order valence-electron chi connectivity index (χ1n) is 7.01. The van der Waals surface area contributed by atoms with Crippen molar-refractivity contribution in [2.45, 2.75) is 31.1 Å². The van der Waals surface area contributed by atoms with Gasteiger partial charge in [0, 0.05) is 5.41 Å². The van der Waals surface area contributed by atoms with Crippen LogP contribution in [0.15, 0.2) is 36.4 Å². The van der Waals surface area contributed by atoms with E-state index in [2.05, 4.69) is 0 Å². The Hall–Kier alpha value is -1.38. The Morgan fingerprint density at radius 1 is 0.762 bits per heavy atom. The van der Waals surface area contributed by atoms with E-state index in [1.807, 2.05) is 24.3 Å². The summed E-state index contributed by atoms with van der Waals surface area (Å²) in [5.74, 6) is 0.189. The molecule has 1 aliphatic carbocycles. The summed E-state index contributed by atoms with van der Waals surface area (Å²) in [7, 11) is 0. The molecule has 3 rings (SSSR count). The summed E-state index contributed by atoms with van der Waals surface area (Å²) in [5, 5.41) is 20.0. The zero-order chi connectivity index (χ0) is 15.0. The summed E-state index contributed by atoms with van der Waals surface area (Å²) < 4.78 is 0. The van der Waals surface area contributed by atoms with Crippen LogP contribution in [0.25, 0.3) is 0 Å². The van der Waals surface area contributed by atoms with Crippen LogP contribution in [0.3, 0.4) is 0 Å². The second kappa shape index (κ2) is 5.43. The molecule has 0 atom stereocenters. The number of hydrogen-bond donors (Lipinski definition) is 2.